The summed E-state index contributed by atoms with van der Waals surface area (Å²) in [6, 6.07) is 6.31. The van der Waals surface area contributed by atoms with Gasteiger partial charge in [0.25, 0.3) is 0 Å². The summed E-state index contributed by atoms with van der Waals surface area (Å²) >= 11 is 6.36. The number of halogens is 1. The number of rotatable bonds is 4. The molecule has 2 rings (SSSR count). The molecule has 1 fully saturated rings. The van der Waals surface area contributed by atoms with Crippen LogP contribution in [0.4, 0.5) is 0 Å². The van der Waals surface area contributed by atoms with Crippen LogP contribution in [0.2, 0.25) is 5.02 Å². The molecule has 112 valence electrons. The van der Waals surface area contributed by atoms with Gasteiger partial charge in [-0.25, -0.2) is 0 Å². The Balaban J connectivity index is 2.05. The van der Waals surface area contributed by atoms with E-state index in [-0.39, 0.29) is 6.04 Å². The predicted molar refractivity (Wildman–Crippen MR) is 85.5 cm³/mol. The number of ether oxygens (including phenoxy) is 1. The van der Waals surface area contributed by atoms with E-state index in [9.17, 15) is 0 Å². The van der Waals surface area contributed by atoms with Crippen LogP contribution in [-0.2, 0) is 0 Å². The van der Waals surface area contributed by atoms with Crippen LogP contribution in [-0.4, -0.2) is 13.2 Å². The fraction of sp³-hybridized carbons (Fsp3) is 0.647. The third-order valence-corrected chi connectivity index (χ3v) is 4.64. The van der Waals surface area contributed by atoms with Gasteiger partial charge in [-0.15, -0.1) is 0 Å². The quantitative estimate of drug-likeness (QED) is 0.859. The first-order chi connectivity index (χ1) is 9.49. The average molecular weight is 296 g/mol. The highest BCUT2D eigenvalue weighted by atomic mass is 35.5. The third-order valence-electron chi connectivity index (χ3n) is 4.31. The molecule has 0 amide bonds. The van der Waals surface area contributed by atoms with E-state index in [2.05, 4.69) is 32.2 Å². The minimum Gasteiger partial charge on any atom is -0.490 e. The molecule has 0 spiro atoms. The summed E-state index contributed by atoms with van der Waals surface area (Å²) < 4.78 is 6.14. The van der Waals surface area contributed by atoms with E-state index in [0.717, 1.165) is 41.0 Å². The van der Waals surface area contributed by atoms with Crippen LogP contribution in [0.1, 0.15) is 51.6 Å². The molecule has 3 heteroatoms. The van der Waals surface area contributed by atoms with Crippen molar-refractivity contribution in [1.82, 2.24) is 5.32 Å². The van der Waals surface area contributed by atoms with Gasteiger partial charge < -0.3 is 10.1 Å². The van der Waals surface area contributed by atoms with Crippen LogP contribution < -0.4 is 10.1 Å². The zero-order valence-electron chi connectivity index (χ0n) is 12.9. The molecular weight excluding hydrogens is 270 g/mol. The van der Waals surface area contributed by atoms with Crippen LogP contribution in [0.3, 0.4) is 0 Å². The standard InChI is InChI=1S/C17H26ClNO/c1-11-7-12(2)9-15(8-11)20-14-5-6-16(13(3)19-4)17(18)10-14/h5-6,10-13,15,19H,7-9H2,1-4H3. The highest BCUT2D eigenvalue weighted by Crippen LogP contribution is 2.33. The summed E-state index contributed by atoms with van der Waals surface area (Å²) in [5.74, 6) is 2.40. The van der Waals surface area contributed by atoms with Gasteiger partial charge in [0.2, 0.25) is 0 Å². The summed E-state index contributed by atoms with van der Waals surface area (Å²) in [4.78, 5) is 0. The van der Waals surface area contributed by atoms with Crippen molar-refractivity contribution in [2.24, 2.45) is 11.8 Å². The maximum atomic E-state index is 6.36. The normalized spacial score (nSPS) is 28.1. The van der Waals surface area contributed by atoms with Gasteiger partial charge in [0, 0.05) is 11.1 Å². The third kappa shape index (κ3) is 3.89. The lowest BCUT2D eigenvalue weighted by atomic mass is 9.82. The summed E-state index contributed by atoms with van der Waals surface area (Å²) in [7, 11) is 1.94. The number of nitrogens with one attached hydrogen (secondary N) is 1. The Hall–Kier alpha value is -0.730. The van der Waals surface area contributed by atoms with E-state index in [4.69, 9.17) is 16.3 Å². The van der Waals surface area contributed by atoms with Gasteiger partial charge in [0.05, 0.1) is 6.10 Å². The van der Waals surface area contributed by atoms with Gasteiger partial charge in [0.15, 0.2) is 0 Å². The number of hydrogen-bond acceptors (Lipinski definition) is 2. The molecule has 0 bridgehead atoms. The molecule has 20 heavy (non-hydrogen) atoms. The second-order valence-corrected chi connectivity index (χ2v) is 6.76. The van der Waals surface area contributed by atoms with Crippen molar-refractivity contribution in [3.63, 3.8) is 0 Å². The van der Waals surface area contributed by atoms with E-state index in [1.54, 1.807) is 0 Å². The van der Waals surface area contributed by atoms with Gasteiger partial charge in [-0.1, -0.05) is 31.5 Å². The van der Waals surface area contributed by atoms with E-state index in [1.807, 2.05) is 19.2 Å². The molecule has 0 aliphatic heterocycles. The van der Waals surface area contributed by atoms with Crippen molar-refractivity contribution in [3.05, 3.63) is 28.8 Å². The van der Waals surface area contributed by atoms with E-state index < -0.39 is 0 Å². The molecule has 0 heterocycles. The molecule has 0 saturated heterocycles. The largest absolute Gasteiger partial charge is 0.490 e. The second kappa shape index (κ2) is 6.82. The molecule has 0 radical (unpaired) electrons. The van der Waals surface area contributed by atoms with Gasteiger partial charge in [-0.2, -0.15) is 0 Å². The monoisotopic (exact) mass is 295 g/mol. The van der Waals surface area contributed by atoms with Crippen LogP contribution in [0, 0.1) is 11.8 Å². The van der Waals surface area contributed by atoms with Crippen LogP contribution in [0.15, 0.2) is 18.2 Å². The van der Waals surface area contributed by atoms with Crippen LogP contribution >= 0.6 is 11.6 Å². The van der Waals surface area contributed by atoms with Crippen molar-refractivity contribution < 1.29 is 4.74 Å². The Morgan fingerprint density at radius 3 is 2.40 bits per heavy atom. The lowest BCUT2D eigenvalue weighted by molar-refractivity contribution is 0.101. The maximum Gasteiger partial charge on any atom is 0.121 e. The molecule has 3 atom stereocenters. The van der Waals surface area contributed by atoms with Crippen molar-refractivity contribution in [1.29, 1.82) is 0 Å². The fourth-order valence-electron chi connectivity index (χ4n) is 3.25. The Kier molecular flexibility index (Phi) is 5.34. The number of hydrogen-bond donors (Lipinski definition) is 1. The zero-order chi connectivity index (χ0) is 14.7. The predicted octanol–water partition coefficient (Wildman–Crippen LogP) is 4.82. The lowest BCUT2D eigenvalue weighted by Crippen LogP contribution is -2.28. The molecule has 1 aliphatic rings. The highest BCUT2D eigenvalue weighted by Gasteiger charge is 2.25. The van der Waals surface area contributed by atoms with Crippen molar-refractivity contribution in [2.45, 2.75) is 52.2 Å². The molecule has 0 aromatic heterocycles. The van der Waals surface area contributed by atoms with Gasteiger partial charge in [0.1, 0.15) is 5.75 Å². The van der Waals surface area contributed by atoms with Crippen molar-refractivity contribution >= 4 is 11.6 Å². The Morgan fingerprint density at radius 1 is 1.20 bits per heavy atom. The summed E-state index contributed by atoms with van der Waals surface area (Å²) in [6.07, 6.45) is 3.95. The molecular formula is C17H26ClNO. The van der Waals surface area contributed by atoms with Crippen LogP contribution in [0.5, 0.6) is 5.75 Å². The SMILES string of the molecule is CNC(C)c1ccc(OC2CC(C)CC(C)C2)cc1Cl. The summed E-state index contributed by atoms with van der Waals surface area (Å²) in [6.45, 7) is 6.74. The van der Waals surface area contributed by atoms with E-state index >= 15 is 0 Å². The molecule has 1 N–H and O–H groups in total. The van der Waals surface area contributed by atoms with Gasteiger partial charge in [-0.05, 0) is 62.8 Å². The van der Waals surface area contributed by atoms with Gasteiger partial charge >= 0.3 is 0 Å². The average Bonchev–Trinajstić information content (AvgIpc) is 2.36. The first kappa shape index (κ1) is 15.7. The summed E-state index contributed by atoms with van der Waals surface area (Å²) in [5, 5.41) is 3.99. The molecule has 2 nitrogen and oxygen atoms in total. The van der Waals surface area contributed by atoms with E-state index in [0.29, 0.717) is 6.10 Å². The molecule has 3 unspecified atom stereocenters. The maximum absolute atomic E-state index is 6.36. The molecule has 1 aromatic rings. The fourth-order valence-corrected chi connectivity index (χ4v) is 3.58. The van der Waals surface area contributed by atoms with E-state index in [1.165, 1.54) is 6.42 Å². The topological polar surface area (TPSA) is 21.3 Å². The first-order valence-electron chi connectivity index (χ1n) is 7.63. The Bertz CT molecular complexity index is 439. The minimum atomic E-state index is 0.256. The summed E-state index contributed by atoms with van der Waals surface area (Å²) in [5.41, 5.74) is 1.12. The lowest BCUT2D eigenvalue weighted by Gasteiger charge is -2.31. The van der Waals surface area contributed by atoms with Crippen molar-refractivity contribution in [3.8, 4) is 5.75 Å². The van der Waals surface area contributed by atoms with Crippen LogP contribution in [0.25, 0.3) is 0 Å². The number of benzene rings is 1. The highest BCUT2D eigenvalue weighted by molar-refractivity contribution is 6.31. The molecule has 1 aliphatic carbocycles. The van der Waals surface area contributed by atoms with Gasteiger partial charge in [-0.3, -0.25) is 0 Å². The van der Waals surface area contributed by atoms with Crippen molar-refractivity contribution in [2.75, 3.05) is 7.05 Å². The molecule has 1 aromatic carbocycles. The second-order valence-electron chi connectivity index (χ2n) is 6.35. The zero-order valence-corrected chi connectivity index (χ0v) is 13.7. The first-order valence-corrected chi connectivity index (χ1v) is 8.00. The smallest absolute Gasteiger partial charge is 0.121 e. The minimum absolute atomic E-state index is 0.256. The Labute approximate surface area is 127 Å². The Morgan fingerprint density at radius 2 is 1.85 bits per heavy atom. The molecule has 1 saturated carbocycles.